The van der Waals surface area contributed by atoms with E-state index in [1.165, 1.54) is 0 Å². The number of thiophene rings is 1. The number of rotatable bonds is 4. The first-order chi connectivity index (χ1) is 13.2. The van der Waals surface area contributed by atoms with Crippen LogP contribution < -0.4 is 10.9 Å². The second-order valence-corrected chi connectivity index (χ2v) is 8.30. The van der Waals surface area contributed by atoms with Crippen LogP contribution in [0.1, 0.15) is 23.0 Å². The van der Waals surface area contributed by atoms with E-state index in [-0.39, 0.29) is 35.1 Å². The smallest absolute Gasteiger partial charge is 0.258 e. The Bertz CT molecular complexity index is 1090. The molecule has 2 bridgehead atoms. The highest BCUT2D eigenvalue weighted by molar-refractivity contribution is 7.09. The van der Waals surface area contributed by atoms with E-state index in [0.29, 0.717) is 23.3 Å². The quantitative estimate of drug-likeness (QED) is 0.686. The van der Waals surface area contributed by atoms with Gasteiger partial charge in [-0.3, -0.25) is 9.59 Å². The lowest BCUT2D eigenvalue weighted by Crippen LogP contribution is -2.37. The summed E-state index contributed by atoms with van der Waals surface area (Å²) in [6.45, 7) is 0.544. The number of aromatic amines is 1. The molecular weight excluding hydrogens is 358 g/mol. The average Bonchev–Trinajstić information content (AvgIpc) is 3.43. The van der Waals surface area contributed by atoms with Gasteiger partial charge in [-0.2, -0.15) is 0 Å². The summed E-state index contributed by atoms with van der Waals surface area (Å²) in [6, 6.07) is 11.3. The van der Waals surface area contributed by atoms with Gasteiger partial charge >= 0.3 is 0 Å². The molecular formula is C21H19N3O2S. The van der Waals surface area contributed by atoms with Gasteiger partial charge in [0.25, 0.3) is 5.56 Å². The van der Waals surface area contributed by atoms with Crippen LogP contribution in [-0.2, 0) is 11.3 Å². The summed E-state index contributed by atoms with van der Waals surface area (Å²) in [5, 5.41) is 5.67. The van der Waals surface area contributed by atoms with Crippen LogP contribution in [-0.4, -0.2) is 15.9 Å². The maximum atomic E-state index is 13.0. The number of hydrogen-bond donors (Lipinski definition) is 2. The summed E-state index contributed by atoms with van der Waals surface area (Å²) < 4.78 is 0. The van der Waals surface area contributed by atoms with Crippen molar-refractivity contribution in [3.05, 3.63) is 75.0 Å². The van der Waals surface area contributed by atoms with Crippen LogP contribution in [0.15, 0.2) is 58.7 Å². The minimum Gasteiger partial charge on any atom is -0.351 e. The largest absolute Gasteiger partial charge is 0.351 e. The van der Waals surface area contributed by atoms with Gasteiger partial charge in [0.15, 0.2) is 0 Å². The van der Waals surface area contributed by atoms with Gasteiger partial charge in [0.1, 0.15) is 5.82 Å². The molecule has 1 amide bonds. The van der Waals surface area contributed by atoms with Gasteiger partial charge in [0.05, 0.1) is 23.4 Å². The third-order valence-corrected chi connectivity index (χ3v) is 6.60. The molecule has 2 N–H and O–H groups in total. The molecule has 0 saturated heterocycles. The highest BCUT2D eigenvalue weighted by Crippen LogP contribution is 2.52. The fourth-order valence-corrected chi connectivity index (χ4v) is 5.16. The number of para-hydroxylation sites is 1. The Morgan fingerprint density at radius 3 is 2.89 bits per heavy atom. The molecule has 2 aromatic heterocycles. The Labute approximate surface area is 160 Å². The van der Waals surface area contributed by atoms with E-state index < -0.39 is 0 Å². The Hall–Kier alpha value is -2.73. The lowest BCUT2D eigenvalue weighted by atomic mass is 9.81. The highest BCUT2D eigenvalue weighted by Gasteiger charge is 2.49. The zero-order chi connectivity index (χ0) is 18.4. The van der Waals surface area contributed by atoms with Gasteiger partial charge in [-0.05, 0) is 41.8 Å². The molecule has 4 unspecified atom stereocenters. The van der Waals surface area contributed by atoms with Crippen molar-refractivity contribution < 1.29 is 4.79 Å². The predicted octanol–water partition coefficient (Wildman–Crippen LogP) is 3.21. The second kappa shape index (κ2) is 6.46. The van der Waals surface area contributed by atoms with Crippen molar-refractivity contribution in [3.63, 3.8) is 0 Å². The molecule has 3 aromatic rings. The number of fused-ring (bicyclic) bond motifs is 3. The second-order valence-electron chi connectivity index (χ2n) is 7.27. The van der Waals surface area contributed by atoms with Crippen LogP contribution in [0.25, 0.3) is 10.9 Å². The van der Waals surface area contributed by atoms with Crippen LogP contribution in [0, 0.1) is 17.8 Å². The number of H-pyrrole nitrogens is 1. The Morgan fingerprint density at radius 2 is 2.04 bits per heavy atom. The van der Waals surface area contributed by atoms with E-state index in [0.717, 1.165) is 11.3 Å². The maximum absolute atomic E-state index is 13.0. The van der Waals surface area contributed by atoms with Gasteiger partial charge in [-0.15, -0.1) is 11.3 Å². The molecule has 2 aliphatic carbocycles. The molecule has 5 nitrogen and oxygen atoms in total. The zero-order valence-corrected chi connectivity index (χ0v) is 15.4. The fraction of sp³-hybridized carbons (Fsp3) is 0.286. The zero-order valence-electron chi connectivity index (χ0n) is 14.6. The van der Waals surface area contributed by atoms with Crippen molar-refractivity contribution in [2.45, 2.75) is 18.9 Å². The Morgan fingerprint density at radius 1 is 1.19 bits per heavy atom. The summed E-state index contributed by atoms with van der Waals surface area (Å²) in [5.41, 5.74) is 0.542. The monoisotopic (exact) mass is 377 g/mol. The van der Waals surface area contributed by atoms with Gasteiger partial charge in [0.2, 0.25) is 5.91 Å². The first kappa shape index (κ1) is 16.4. The average molecular weight is 377 g/mol. The molecule has 1 saturated carbocycles. The minimum atomic E-state index is -0.190. The number of nitrogens with one attached hydrogen (secondary N) is 2. The maximum Gasteiger partial charge on any atom is 0.258 e. The summed E-state index contributed by atoms with van der Waals surface area (Å²) in [6.07, 6.45) is 5.27. The number of amides is 1. The number of carbonyl (C=O) groups excluding carboxylic acids is 1. The molecule has 0 aliphatic heterocycles. The SMILES string of the molecule is O=C(NCc1cccs1)C1C2C=CC(C2)C1c1nc2ccccc2c(=O)[nH]1. The van der Waals surface area contributed by atoms with Gasteiger partial charge in [-0.25, -0.2) is 4.98 Å². The summed E-state index contributed by atoms with van der Waals surface area (Å²) >= 11 is 1.63. The predicted molar refractivity (Wildman–Crippen MR) is 105 cm³/mol. The van der Waals surface area contributed by atoms with Crippen LogP contribution in [0.2, 0.25) is 0 Å². The minimum absolute atomic E-state index is 0.0426. The number of hydrogen-bond acceptors (Lipinski definition) is 4. The lowest BCUT2D eigenvalue weighted by molar-refractivity contribution is -0.126. The number of allylic oxidation sites excluding steroid dienone is 2. The molecule has 2 heterocycles. The topological polar surface area (TPSA) is 74.8 Å². The lowest BCUT2D eigenvalue weighted by Gasteiger charge is -2.26. The molecule has 5 rings (SSSR count). The van der Waals surface area contributed by atoms with Crippen LogP contribution in [0.4, 0.5) is 0 Å². The molecule has 136 valence electrons. The normalized spacial score (nSPS) is 25.9. The molecule has 0 spiro atoms. The number of carbonyl (C=O) groups is 1. The number of nitrogens with zero attached hydrogens (tertiary/aromatic N) is 1. The summed E-state index contributed by atoms with van der Waals surface area (Å²) in [7, 11) is 0. The number of benzene rings is 1. The van der Waals surface area contributed by atoms with Gasteiger partial charge < -0.3 is 10.3 Å². The third-order valence-electron chi connectivity index (χ3n) is 5.73. The Kier molecular flexibility index (Phi) is 3.93. The van der Waals surface area contributed by atoms with Gasteiger partial charge in [-0.1, -0.05) is 30.4 Å². The van der Waals surface area contributed by atoms with Gasteiger partial charge in [0, 0.05) is 10.8 Å². The van der Waals surface area contributed by atoms with Crippen molar-refractivity contribution in [1.29, 1.82) is 0 Å². The highest BCUT2D eigenvalue weighted by atomic mass is 32.1. The van der Waals surface area contributed by atoms with Crippen molar-refractivity contribution in [2.75, 3.05) is 0 Å². The van der Waals surface area contributed by atoms with E-state index in [2.05, 4.69) is 22.5 Å². The van der Waals surface area contributed by atoms with Crippen LogP contribution in [0.3, 0.4) is 0 Å². The standard InChI is InChI=1S/C21H19N3O2S/c25-20-15-5-1-2-6-16(15)23-19(24-20)17-12-7-8-13(10-12)18(17)21(26)22-11-14-4-3-9-27-14/h1-9,12-13,17-18H,10-11H2,(H,22,26)(H,23,24,25). The van der Waals surface area contributed by atoms with Crippen LogP contribution in [0.5, 0.6) is 0 Å². The molecule has 6 heteroatoms. The molecule has 0 radical (unpaired) electrons. The van der Waals surface area contributed by atoms with Crippen LogP contribution >= 0.6 is 11.3 Å². The van der Waals surface area contributed by atoms with E-state index in [1.54, 1.807) is 17.4 Å². The molecule has 27 heavy (non-hydrogen) atoms. The summed E-state index contributed by atoms with van der Waals surface area (Å²) in [5.74, 6) is 0.856. The van der Waals surface area contributed by atoms with Crippen molar-refractivity contribution >= 4 is 28.1 Å². The van der Waals surface area contributed by atoms with E-state index in [9.17, 15) is 9.59 Å². The molecule has 1 aromatic carbocycles. The van der Waals surface area contributed by atoms with E-state index >= 15 is 0 Å². The first-order valence-corrected chi connectivity index (χ1v) is 10.1. The molecule has 1 fully saturated rings. The van der Waals surface area contributed by atoms with E-state index in [1.807, 2.05) is 35.7 Å². The number of aromatic nitrogens is 2. The first-order valence-electron chi connectivity index (χ1n) is 9.18. The Balaban J connectivity index is 1.48. The third kappa shape index (κ3) is 2.80. The molecule has 4 atom stereocenters. The van der Waals surface area contributed by atoms with Crippen molar-refractivity contribution in [2.24, 2.45) is 17.8 Å². The van der Waals surface area contributed by atoms with Crippen molar-refractivity contribution in [1.82, 2.24) is 15.3 Å². The van der Waals surface area contributed by atoms with Crippen molar-refractivity contribution in [3.8, 4) is 0 Å². The molecule has 2 aliphatic rings. The fourth-order valence-electron chi connectivity index (χ4n) is 4.52. The van der Waals surface area contributed by atoms with E-state index in [4.69, 9.17) is 4.98 Å². The summed E-state index contributed by atoms with van der Waals surface area (Å²) in [4.78, 5) is 34.3.